The van der Waals surface area contributed by atoms with Gasteiger partial charge in [0.1, 0.15) is 22.8 Å². The molecule has 2 heterocycles. The predicted octanol–water partition coefficient (Wildman–Crippen LogP) is 3.42. The molecule has 0 atom stereocenters. The molecule has 1 N–H and O–H groups in total. The quantitative estimate of drug-likeness (QED) is 0.586. The first-order chi connectivity index (χ1) is 11.1. The van der Waals surface area contributed by atoms with Gasteiger partial charge in [-0.15, -0.1) is 0 Å². The van der Waals surface area contributed by atoms with Crippen LogP contribution in [0.3, 0.4) is 0 Å². The molecule has 4 aromatic rings. The Bertz CT molecular complexity index is 1120. The van der Waals surface area contributed by atoms with Crippen LogP contribution in [0.1, 0.15) is 0 Å². The lowest BCUT2D eigenvalue weighted by molar-refractivity contribution is 0.591. The Morgan fingerprint density at radius 3 is 2.74 bits per heavy atom. The van der Waals surface area contributed by atoms with E-state index >= 15 is 0 Å². The summed E-state index contributed by atoms with van der Waals surface area (Å²) in [6, 6.07) is 10.7. The summed E-state index contributed by atoms with van der Waals surface area (Å²) >= 11 is 0. The number of hydrogen-bond donors (Lipinski definition) is 1. The van der Waals surface area contributed by atoms with Crippen molar-refractivity contribution in [1.29, 1.82) is 0 Å². The lowest BCUT2D eigenvalue weighted by Gasteiger charge is -2.05. The number of aromatic amines is 1. The fourth-order valence-corrected chi connectivity index (χ4v) is 2.55. The van der Waals surface area contributed by atoms with Crippen molar-refractivity contribution in [3.8, 4) is 11.4 Å². The number of H-pyrrole nitrogens is 1. The molecule has 23 heavy (non-hydrogen) atoms. The van der Waals surface area contributed by atoms with Crippen LogP contribution < -0.4 is 5.56 Å². The molecule has 6 heteroatoms. The molecule has 0 fully saturated rings. The van der Waals surface area contributed by atoms with Gasteiger partial charge in [0.05, 0.1) is 11.0 Å². The first-order valence-corrected chi connectivity index (χ1v) is 6.86. The Balaban J connectivity index is 1.99. The van der Waals surface area contributed by atoms with E-state index in [9.17, 15) is 13.6 Å². The van der Waals surface area contributed by atoms with Crippen LogP contribution in [0, 0.1) is 11.6 Å². The molecule has 4 nitrogen and oxygen atoms in total. The van der Waals surface area contributed by atoms with Crippen molar-refractivity contribution in [2.24, 2.45) is 0 Å². The molecule has 0 spiro atoms. The predicted molar refractivity (Wildman–Crippen MR) is 83.0 cm³/mol. The van der Waals surface area contributed by atoms with Crippen molar-refractivity contribution in [2.75, 3.05) is 0 Å². The maximum Gasteiger partial charge on any atom is 0.262 e. The molecule has 0 saturated heterocycles. The van der Waals surface area contributed by atoms with E-state index in [1.807, 2.05) is 12.1 Å². The highest BCUT2D eigenvalue weighted by Crippen LogP contribution is 2.22. The molecular weight excluding hydrogens is 300 g/mol. The highest BCUT2D eigenvalue weighted by molar-refractivity contribution is 5.85. The lowest BCUT2D eigenvalue weighted by atomic mass is 10.1. The van der Waals surface area contributed by atoms with Crippen LogP contribution in [-0.2, 0) is 0 Å². The monoisotopic (exact) mass is 309 g/mol. The molecule has 0 saturated carbocycles. The normalized spacial score (nSPS) is 11.2. The second-order valence-electron chi connectivity index (χ2n) is 5.11. The number of nitrogens with one attached hydrogen (secondary N) is 1. The van der Waals surface area contributed by atoms with Gasteiger partial charge in [0.2, 0.25) is 0 Å². The minimum Gasteiger partial charge on any atom is -0.306 e. The number of hydrogen-bond acceptors (Lipinski definition) is 3. The second kappa shape index (κ2) is 4.95. The molecule has 0 aliphatic heterocycles. The van der Waals surface area contributed by atoms with Gasteiger partial charge in [-0.1, -0.05) is 6.07 Å². The van der Waals surface area contributed by atoms with Gasteiger partial charge in [0.15, 0.2) is 0 Å². The van der Waals surface area contributed by atoms with Crippen LogP contribution >= 0.6 is 0 Å². The highest BCUT2D eigenvalue weighted by Gasteiger charge is 2.12. The van der Waals surface area contributed by atoms with Crippen LogP contribution in [0.4, 0.5) is 8.78 Å². The van der Waals surface area contributed by atoms with Gasteiger partial charge in [0, 0.05) is 29.3 Å². The average molecular weight is 309 g/mol. The first kappa shape index (κ1) is 13.5. The summed E-state index contributed by atoms with van der Waals surface area (Å²) in [6.45, 7) is 0. The highest BCUT2D eigenvalue weighted by atomic mass is 19.1. The molecule has 0 unspecified atom stereocenters. The van der Waals surface area contributed by atoms with Gasteiger partial charge in [-0.3, -0.25) is 9.78 Å². The topological polar surface area (TPSA) is 58.6 Å². The summed E-state index contributed by atoms with van der Waals surface area (Å²) in [6.07, 6.45) is 1.68. The Kier molecular flexibility index (Phi) is 2.90. The van der Waals surface area contributed by atoms with E-state index in [4.69, 9.17) is 0 Å². The first-order valence-electron chi connectivity index (χ1n) is 6.86. The number of pyridine rings is 1. The van der Waals surface area contributed by atoms with E-state index in [2.05, 4.69) is 15.0 Å². The van der Waals surface area contributed by atoms with Gasteiger partial charge < -0.3 is 4.98 Å². The van der Waals surface area contributed by atoms with E-state index in [1.165, 1.54) is 0 Å². The summed E-state index contributed by atoms with van der Waals surface area (Å²) < 4.78 is 27.1. The third-order valence-electron chi connectivity index (χ3n) is 3.60. The zero-order chi connectivity index (χ0) is 16.0. The van der Waals surface area contributed by atoms with Gasteiger partial charge in [-0.25, -0.2) is 13.8 Å². The summed E-state index contributed by atoms with van der Waals surface area (Å²) in [5, 5.41) is 0.621. The Hall–Kier alpha value is -3.15. The number of benzene rings is 2. The lowest BCUT2D eigenvalue weighted by Crippen LogP contribution is -2.11. The maximum absolute atomic E-state index is 13.7. The molecule has 2 aromatic carbocycles. The van der Waals surface area contributed by atoms with Crippen LogP contribution in [-0.4, -0.2) is 15.0 Å². The smallest absolute Gasteiger partial charge is 0.262 e. The van der Waals surface area contributed by atoms with E-state index < -0.39 is 17.2 Å². The van der Waals surface area contributed by atoms with Crippen LogP contribution in [0.2, 0.25) is 0 Å². The van der Waals surface area contributed by atoms with Gasteiger partial charge in [0.25, 0.3) is 5.56 Å². The maximum atomic E-state index is 13.7. The number of rotatable bonds is 1. The molecule has 2 aromatic heterocycles. The van der Waals surface area contributed by atoms with Gasteiger partial charge >= 0.3 is 0 Å². The average Bonchev–Trinajstić information content (AvgIpc) is 2.53. The molecule has 0 aliphatic carbocycles. The van der Waals surface area contributed by atoms with E-state index in [-0.39, 0.29) is 16.7 Å². The fourth-order valence-electron chi connectivity index (χ4n) is 2.55. The number of aromatic nitrogens is 3. The van der Waals surface area contributed by atoms with Crippen LogP contribution in [0.25, 0.3) is 33.2 Å². The molecule has 0 amide bonds. The second-order valence-corrected chi connectivity index (χ2v) is 5.11. The standard InChI is InChI=1S/C17H9F2N3O/c18-11-7-12(19)15-14(8-11)21-16(22-17(15)23)10-3-4-13-9(6-10)2-1-5-20-13/h1-8H,(H,21,22,23). The van der Waals surface area contributed by atoms with Gasteiger partial charge in [-0.2, -0.15) is 0 Å². The summed E-state index contributed by atoms with van der Waals surface area (Å²) in [5.41, 5.74) is 0.770. The third-order valence-corrected chi connectivity index (χ3v) is 3.60. The number of fused-ring (bicyclic) bond motifs is 2. The Morgan fingerprint density at radius 2 is 1.87 bits per heavy atom. The summed E-state index contributed by atoms with van der Waals surface area (Å²) in [5.74, 6) is -1.46. The van der Waals surface area contributed by atoms with Crippen molar-refractivity contribution in [3.05, 3.63) is 70.6 Å². The van der Waals surface area contributed by atoms with E-state index in [0.717, 1.165) is 17.0 Å². The number of nitrogens with zero attached hydrogens (tertiary/aromatic N) is 2. The Labute approximate surface area is 128 Å². The largest absolute Gasteiger partial charge is 0.306 e. The molecule has 4 rings (SSSR count). The fraction of sp³-hybridized carbons (Fsp3) is 0. The molecule has 0 bridgehead atoms. The van der Waals surface area contributed by atoms with Crippen LogP contribution in [0.15, 0.2) is 53.5 Å². The minimum atomic E-state index is -0.928. The van der Waals surface area contributed by atoms with Crippen LogP contribution in [0.5, 0.6) is 0 Å². The minimum absolute atomic E-state index is 0.0208. The third kappa shape index (κ3) is 2.24. The molecule has 0 aliphatic rings. The SMILES string of the molecule is O=c1[nH]c(-c2ccc3ncccc3c2)nc2cc(F)cc(F)c12. The zero-order valence-electron chi connectivity index (χ0n) is 11.7. The number of halogens is 2. The van der Waals surface area contributed by atoms with Crippen molar-refractivity contribution in [1.82, 2.24) is 15.0 Å². The van der Waals surface area contributed by atoms with E-state index in [0.29, 0.717) is 11.6 Å². The zero-order valence-corrected chi connectivity index (χ0v) is 11.7. The Morgan fingerprint density at radius 1 is 1.00 bits per heavy atom. The molecule has 0 radical (unpaired) electrons. The molecule has 112 valence electrons. The van der Waals surface area contributed by atoms with Crippen molar-refractivity contribution in [2.45, 2.75) is 0 Å². The summed E-state index contributed by atoms with van der Waals surface area (Å²) in [4.78, 5) is 23.0. The molecular formula is C17H9F2N3O. The van der Waals surface area contributed by atoms with E-state index in [1.54, 1.807) is 24.4 Å². The summed E-state index contributed by atoms with van der Waals surface area (Å²) in [7, 11) is 0. The van der Waals surface area contributed by atoms with Crippen molar-refractivity contribution in [3.63, 3.8) is 0 Å². The van der Waals surface area contributed by atoms with Crippen molar-refractivity contribution >= 4 is 21.8 Å². The van der Waals surface area contributed by atoms with Gasteiger partial charge in [-0.05, 0) is 24.3 Å². The van der Waals surface area contributed by atoms with Crippen molar-refractivity contribution < 1.29 is 8.78 Å².